The molecular formula is C24H24N2O4. The van der Waals surface area contributed by atoms with Crippen molar-refractivity contribution in [2.75, 3.05) is 13.2 Å². The molecule has 0 fully saturated rings. The number of ether oxygens (including phenoxy) is 2. The summed E-state index contributed by atoms with van der Waals surface area (Å²) in [5.74, 6) is 0.302. The van der Waals surface area contributed by atoms with Gasteiger partial charge >= 0.3 is 0 Å². The zero-order valence-electron chi connectivity index (χ0n) is 17.0. The summed E-state index contributed by atoms with van der Waals surface area (Å²) < 4.78 is 11.0. The average Bonchev–Trinajstić information content (AvgIpc) is 2.77. The molecular weight excluding hydrogens is 380 g/mol. The molecule has 2 amide bonds. The number of aryl methyl sites for hydroxylation is 2. The molecule has 0 radical (unpaired) electrons. The molecule has 0 saturated heterocycles. The largest absolute Gasteiger partial charge is 0.484 e. The molecule has 0 unspecified atom stereocenters. The molecule has 0 aliphatic rings. The van der Waals surface area contributed by atoms with E-state index in [-0.39, 0.29) is 13.2 Å². The highest BCUT2D eigenvalue weighted by Gasteiger charge is 2.09. The van der Waals surface area contributed by atoms with E-state index in [0.29, 0.717) is 11.5 Å². The predicted octanol–water partition coefficient (Wildman–Crippen LogP) is 3.58. The van der Waals surface area contributed by atoms with Crippen LogP contribution in [-0.4, -0.2) is 25.0 Å². The van der Waals surface area contributed by atoms with Crippen LogP contribution >= 0.6 is 0 Å². The molecule has 0 bridgehead atoms. The highest BCUT2D eigenvalue weighted by Crippen LogP contribution is 2.22. The number of carbonyl (C=O) groups excluding carboxylic acids is 2. The van der Waals surface area contributed by atoms with Gasteiger partial charge in [0, 0.05) is 0 Å². The van der Waals surface area contributed by atoms with Gasteiger partial charge in [-0.15, -0.1) is 0 Å². The van der Waals surface area contributed by atoms with E-state index in [2.05, 4.69) is 10.9 Å². The third-order valence-corrected chi connectivity index (χ3v) is 4.43. The Balaban J connectivity index is 1.40. The summed E-state index contributed by atoms with van der Waals surface area (Å²) in [4.78, 5) is 23.8. The van der Waals surface area contributed by atoms with Crippen molar-refractivity contribution in [3.8, 4) is 22.6 Å². The monoisotopic (exact) mass is 404 g/mol. The SMILES string of the molecule is Cc1cccc(C)c1OCC(=O)NNC(=O)COc1ccc(-c2ccccc2)cc1. The van der Waals surface area contributed by atoms with Gasteiger partial charge in [0.2, 0.25) is 0 Å². The Morgan fingerprint density at radius 3 is 1.80 bits per heavy atom. The Morgan fingerprint density at radius 1 is 0.667 bits per heavy atom. The van der Waals surface area contributed by atoms with Gasteiger partial charge in [-0.3, -0.25) is 20.4 Å². The highest BCUT2D eigenvalue weighted by molar-refractivity contribution is 5.83. The summed E-state index contributed by atoms with van der Waals surface area (Å²) in [6, 6.07) is 23.2. The third kappa shape index (κ3) is 5.85. The molecule has 30 heavy (non-hydrogen) atoms. The lowest BCUT2D eigenvalue weighted by Crippen LogP contribution is -2.45. The first kappa shape index (κ1) is 20.9. The van der Waals surface area contributed by atoms with E-state index in [0.717, 1.165) is 22.3 Å². The van der Waals surface area contributed by atoms with Crippen LogP contribution in [0.4, 0.5) is 0 Å². The van der Waals surface area contributed by atoms with Crippen LogP contribution in [0.1, 0.15) is 11.1 Å². The van der Waals surface area contributed by atoms with Crippen LogP contribution in [0.2, 0.25) is 0 Å². The van der Waals surface area contributed by atoms with E-state index >= 15 is 0 Å². The van der Waals surface area contributed by atoms with Crippen LogP contribution in [-0.2, 0) is 9.59 Å². The first-order valence-electron chi connectivity index (χ1n) is 9.58. The fourth-order valence-corrected chi connectivity index (χ4v) is 2.90. The van der Waals surface area contributed by atoms with Crippen molar-refractivity contribution < 1.29 is 19.1 Å². The molecule has 0 aliphatic heterocycles. The lowest BCUT2D eigenvalue weighted by Gasteiger charge is -2.12. The van der Waals surface area contributed by atoms with Gasteiger partial charge in [-0.1, -0.05) is 60.7 Å². The maximum absolute atomic E-state index is 11.9. The van der Waals surface area contributed by atoms with Crippen molar-refractivity contribution in [2.24, 2.45) is 0 Å². The van der Waals surface area contributed by atoms with E-state index in [9.17, 15) is 9.59 Å². The van der Waals surface area contributed by atoms with Crippen molar-refractivity contribution >= 4 is 11.8 Å². The minimum Gasteiger partial charge on any atom is -0.484 e. The molecule has 0 aliphatic carbocycles. The van der Waals surface area contributed by atoms with E-state index < -0.39 is 11.8 Å². The summed E-state index contributed by atoms with van der Waals surface area (Å²) in [6.07, 6.45) is 0. The second kappa shape index (κ2) is 10.1. The molecule has 6 heteroatoms. The zero-order chi connectivity index (χ0) is 21.3. The second-order valence-electron chi connectivity index (χ2n) is 6.79. The van der Waals surface area contributed by atoms with Crippen LogP contribution < -0.4 is 20.3 Å². The van der Waals surface area contributed by atoms with Crippen molar-refractivity contribution in [3.63, 3.8) is 0 Å². The van der Waals surface area contributed by atoms with Gasteiger partial charge in [-0.05, 0) is 48.2 Å². The van der Waals surface area contributed by atoms with Gasteiger partial charge in [0.05, 0.1) is 0 Å². The van der Waals surface area contributed by atoms with Gasteiger partial charge in [-0.2, -0.15) is 0 Å². The van der Waals surface area contributed by atoms with Crippen LogP contribution in [0.15, 0.2) is 72.8 Å². The number of hydrogen-bond acceptors (Lipinski definition) is 4. The number of carbonyl (C=O) groups is 2. The Labute approximate surface area is 175 Å². The van der Waals surface area contributed by atoms with Crippen LogP contribution in [0, 0.1) is 13.8 Å². The second-order valence-corrected chi connectivity index (χ2v) is 6.79. The number of benzene rings is 3. The molecule has 0 spiro atoms. The lowest BCUT2D eigenvalue weighted by atomic mass is 10.1. The Morgan fingerprint density at radius 2 is 1.20 bits per heavy atom. The first-order chi connectivity index (χ1) is 14.5. The summed E-state index contributed by atoms with van der Waals surface area (Å²) in [5, 5.41) is 0. The van der Waals surface area contributed by atoms with Gasteiger partial charge in [0.1, 0.15) is 11.5 Å². The van der Waals surface area contributed by atoms with Crippen molar-refractivity contribution in [2.45, 2.75) is 13.8 Å². The summed E-state index contributed by atoms with van der Waals surface area (Å²) in [6.45, 7) is 3.40. The standard InChI is InChI=1S/C24H24N2O4/c1-17-7-6-8-18(2)24(17)30-16-23(28)26-25-22(27)15-29-21-13-11-20(12-14-21)19-9-4-3-5-10-19/h3-14H,15-16H2,1-2H3,(H,25,27)(H,26,28). The Bertz CT molecular complexity index is 981. The quantitative estimate of drug-likeness (QED) is 0.590. The summed E-state index contributed by atoms with van der Waals surface area (Å²) >= 11 is 0. The Hall–Kier alpha value is -3.80. The van der Waals surface area contributed by atoms with Gasteiger partial charge < -0.3 is 9.47 Å². The smallest absolute Gasteiger partial charge is 0.276 e. The number of hydrazine groups is 1. The van der Waals surface area contributed by atoms with Gasteiger partial charge in [0.15, 0.2) is 13.2 Å². The highest BCUT2D eigenvalue weighted by atomic mass is 16.5. The number of hydrogen-bond donors (Lipinski definition) is 2. The molecule has 0 heterocycles. The minimum atomic E-state index is -0.470. The Kier molecular flexibility index (Phi) is 7.05. The van der Waals surface area contributed by atoms with Crippen LogP contribution in [0.5, 0.6) is 11.5 Å². The van der Waals surface area contributed by atoms with Crippen LogP contribution in [0.25, 0.3) is 11.1 Å². The number of amides is 2. The van der Waals surface area contributed by atoms with Crippen LogP contribution in [0.3, 0.4) is 0 Å². The van der Waals surface area contributed by atoms with Crippen molar-refractivity contribution in [1.82, 2.24) is 10.9 Å². The number of para-hydroxylation sites is 1. The van der Waals surface area contributed by atoms with Crippen molar-refractivity contribution in [1.29, 1.82) is 0 Å². The number of nitrogens with one attached hydrogen (secondary N) is 2. The molecule has 3 aromatic rings. The molecule has 3 rings (SSSR count). The third-order valence-electron chi connectivity index (χ3n) is 4.43. The topological polar surface area (TPSA) is 76.7 Å². The zero-order valence-corrected chi connectivity index (χ0v) is 17.0. The van der Waals surface area contributed by atoms with E-state index in [4.69, 9.17) is 9.47 Å². The van der Waals surface area contributed by atoms with Crippen molar-refractivity contribution in [3.05, 3.63) is 83.9 Å². The molecule has 0 saturated carbocycles. The minimum absolute atomic E-state index is 0.201. The molecule has 0 aromatic heterocycles. The maximum atomic E-state index is 11.9. The fraction of sp³-hybridized carbons (Fsp3) is 0.167. The predicted molar refractivity (Wildman–Crippen MR) is 115 cm³/mol. The molecule has 3 aromatic carbocycles. The lowest BCUT2D eigenvalue weighted by molar-refractivity contribution is -0.131. The van der Waals surface area contributed by atoms with E-state index in [1.807, 2.05) is 74.5 Å². The molecule has 0 atom stereocenters. The fourth-order valence-electron chi connectivity index (χ4n) is 2.90. The normalized spacial score (nSPS) is 10.2. The van der Waals surface area contributed by atoms with Gasteiger partial charge in [-0.25, -0.2) is 0 Å². The average molecular weight is 404 g/mol. The summed E-state index contributed by atoms with van der Waals surface area (Å²) in [7, 11) is 0. The molecule has 2 N–H and O–H groups in total. The van der Waals surface area contributed by atoms with E-state index in [1.165, 1.54) is 0 Å². The molecule has 154 valence electrons. The number of rotatable bonds is 7. The summed E-state index contributed by atoms with van der Waals surface area (Å²) in [5.41, 5.74) is 8.68. The van der Waals surface area contributed by atoms with E-state index in [1.54, 1.807) is 12.1 Å². The molecule has 6 nitrogen and oxygen atoms in total. The van der Waals surface area contributed by atoms with Gasteiger partial charge in [0.25, 0.3) is 11.8 Å². The first-order valence-corrected chi connectivity index (χ1v) is 9.58. The maximum Gasteiger partial charge on any atom is 0.276 e.